The van der Waals surface area contributed by atoms with E-state index in [1.54, 1.807) is 0 Å². The first-order chi connectivity index (χ1) is 27.8. The van der Waals surface area contributed by atoms with Crippen LogP contribution in [0.15, 0.2) is 164 Å². The molecule has 12 rings (SSSR count). The molecule has 3 nitrogen and oxygen atoms in total. The summed E-state index contributed by atoms with van der Waals surface area (Å²) < 4.78 is 2.52. The SMILES string of the molecule is CC1(C)c2cccc(-c3cccc4c3cc3c5c4c4ccccc4n5-c4ccccc4C3(C)C)c2-c2cccc(-c3nc(-c4ccccc4)c4ccccc4n3)c21. The predicted molar refractivity (Wildman–Crippen MR) is 237 cm³/mol. The lowest BCUT2D eigenvalue weighted by molar-refractivity contribution is 0.631. The lowest BCUT2D eigenvalue weighted by atomic mass is 9.73. The van der Waals surface area contributed by atoms with Gasteiger partial charge in [-0.2, -0.15) is 0 Å². The summed E-state index contributed by atoms with van der Waals surface area (Å²) in [6, 6.07) is 59.9. The summed E-state index contributed by atoms with van der Waals surface area (Å²) in [5, 5.41) is 6.27. The molecule has 0 saturated carbocycles. The molecule has 0 saturated heterocycles. The van der Waals surface area contributed by atoms with Crippen LogP contribution in [0.5, 0.6) is 0 Å². The van der Waals surface area contributed by atoms with E-state index < -0.39 is 0 Å². The van der Waals surface area contributed by atoms with Crippen molar-refractivity contribution in [2.24, 2.45) is 0 Å². The maximum atomic E-state index is 5.37. The number of nitrogens with zero attached hydrogens (tertiary/aromatic N) is 3. The monoisotopic (exact) mass is 729 g/mol. The molecule has 0 atom stereocenters. The van der Waals surface area contributed by atoms with Gasteiger partial charge in [0.25, 0.3) is 0 Å². The van der Waals surface area contributed by atoms with Gasteiger partial charge in [0.1, 0.15) is 0 Å². The van der Waals surface area contributed by atoms with Crippen LogP contribution in [-0.4, -0.2) is 14.5 Å². The molecule has 8 aromatic carbocycles. The van der Waals surface area contributed by atoms with Crippen molar-refractivity contribution in [3.05, 3.63) is 186 Å². The van der Waals surface area contributed by atoms with Gasteiger partial charge in [-0.1, -0.05) is 167 Å². The molecule has 0 bridgehead atoms. The van der Waals surface area contributed by atoms with Crippen LogP contribution in [0.2, 0.25) is 0 Å². The summed E-state index contributed by atoms with van der Waals surface area (Å²) >= 11 is 0. The molecule has 0 N–H and O–H groups in total. The molecule has 270 valence electrons. The largest absolute Gasteiger partial charge is 0.309 e. The molecular weight excluding hydrogens is 691 g/mol. The van der Waals surface area contributed by atoms with Crippen LogP contribution in [0, 0.1) is 0 Å². The fraction of sp³-hybridized carbons (Fsp3) is 0.111. The third kappa shape index (κ3) is 4.26. The Labute approximate surface area is 331 Å². The van der Waals surface area contributed by atoms with Gasteiger partial charge in [-0.05, 0) is 79.5 Å². The quantitative estimate of drug-likeness (QED) is 0.181. The Morgan fingerprint density at radius 2 is 1.11 bits per heavy atom. The Hall–Kier alpha value is -6.84. The number of para-hydroxylation sites is 3. The zero-order valence-corrected chi connectivity index (χ0v) is 32.4. The molecule has 0 radical (unpaired) electrons. The maximum absolute atomic E-state index is 5.37. The lowest BCUT2D eigenvalue weighted by Gasteiger charge is -2.35. The van der Waals surface area contributed by atoms with E-state index in [1.165, 1.54) is 82.8 Å². The predicted octanol–water partition coefficient (Wildman–Crippen LogP) is 13.8. The molecule has 1 aliphatic carbocycles. The highest BCUT2D eigenvalue weighted by Crippen LogP contribution is 2.56. The van der Waals surface area contributed by atoms with Crippen LogP contribution in [0.1, 0.15) is 49.9 Å². The van der Waals surface area contributed by atoms with E-state index in [0.717, 1.165) is 33.5 Å². The van der Waals surface area contributed by atoms with E-state index in [9.17, 15) is 0 Å². The van der Waals surface area contributed by atoms with E-state index in [4.69, 9.17) is 9.97 Å². The fourth-order valence-corrected chi connectivity index (χ4v) is 10.6. The number of fused-ring (bicyclic) bond motifs is 11. The maximum Gasteiger partial charge on any atom is 0.160 e. The van der Waals surface area contributed by atoms with E-state index >= 15 is 0 Å². The van der Waals surface area contributed by atoms with Gasteiger partial charge in [-0.3, -0.25) is 0 Å². The standard InChI is InChI=1S/C54H39N3/c1-53(2)41-26-10-13-30-46(41)57-45-29-12-9-20-37(45)48-35-22-14-21-33(40(35)31-43(53)51(48)57)34-23-16-27-42-47(34)38-24-15-25-39(49(38)54(42,3)4)52-55-44-28-11-8-19-36(44)50(56-52)32-17-6-5-7-18-32/h5-31H,1-4H3. The molecule has 2 aliphatic rings. The first kappa shape index (κ1) is 32.4. The minimum atomic E-state index is -0.290. The van der Waals surface area contributed by atoms with Crippen molar-refractivity contribution in [3.8, 4) is 50.6 Å². The zero-order chi connectivity index (χ0) is 38.2. The molecule has 3 heterocycles. The van der Waals surface area contributed by atoms with Crippen molar-refractivity contribution in [3.63, 3.8) is 0 Å². The van der Waals surface area contributed by atoms with E-state index in [0.29, 0.717) is 0 Å². The van der Waals surface area contributed by atoms with Crippen molar-refractivity contribution in [1.82, 2.24) is 14.5 Å². The number of aromatic nitrogens is 3. The van der Waals surface area contributed by atoms with Gasteiger partial charge in [-0.15, -0.1) is 0 Å². The number of hydrogen-bond donors (Lipinski definition) is 0. The second-order valence-electron chi connectivity index (χ2n) is 16.9. The van der Waals surface area contributed by atoms with E-state index in [1.807, 2.05) is 0 Å². The van der Waals surface area contributed by atoms with Crippen LogP contribution >= 0.6 is 0 Å². The van der Waals surface area contributed by atoms with Crippen LogP contribution in [0.4, 0.5) is 0 Å². The normalized spacial score (nSPS) is 14.6. The fourth-order valence-electron chi connectivity index (χ4n) is 10.6. The van der Waals surface area contributed by atoms with Crippen molar-refractivity contribution in [2.45, 2.75) is 38.5 Å². The van der Waals surface area contributed by atoms with Gasteiger partial charge >= 0.3 is 0 Å². The van der Waals surface area contributed by atoms with Gasteiger partial charge in [0.2, 0.25) is 0 Å². The molecule has 1 aliphatic heterocycles. The Morgan fingerprint density at radius 3 is 1.98 bits per heavy atom. The second kappa shape index (κ2) is 11.4. The summed E-state index contributed by atoms with van der Waals surface area (Å²) in [6.45, 7) is 9.54. The van der Waals surface area contributed by atoms with Crippen molar-refractivity contribution in [1.29, 1.82) is 0 Å². The van der Waals surface area contributed by atoms with Crippen LogP contribution in [0.25, 0.3) is 94.1 Å². The van der Waals surface area contributed by atoms with E-state index in [-0.39, 0.29) is 10.8 Å². The summed E-state index contributed by atoms with van der Waals surface area (Å²) in [7, 11) is 0. The third-order valence-corrected chi connectivity index (χ3v) is 13.2. The average Bonchev–Trinajstić information content (AvgIpc) is 3.72. The summed E-state index contributed by atoms with van der Waals surface area (Å²) in [4.78, 5) is 10.6. The van der Waals surface area contributed by atoms with Gasteiger partial charge in [0.15, 0.2) is 5.82 Å². The van der Waals surface area contributed by atoms with Crippen LogP contribution < -0.4 is 0 Å². The summed E-state index contributed by atoms with van der Waals surface area (Å²) in [5.74, 6) is 0.761. The molecule has 3 heteroatoms. The Morgan fingerprint density at radius 1 is 0.456 bits per heavy atom. The van der Waals surface area contributed by atoms with Gasteiger partial charge in [0, 0.05) is 38.1 Å². The van der Waals surface area contributed by atoms with Crippen molar-refractivity contribution >= 4 is 43.5 Å². The molecule has 0 unspecified atom stereocenters. The topological polar surface area (TPSA) is 30.7 Å². The third-order valence-electron chi connectivity index (χ3n) is 13.2. The Kier molecular flexibility index (Phi) is 6.46. The first-order valence-corrected chi connectivity index (χ1v) is 20.0. The van der Waals surface area contributed by atoms with Crippen LogP contribution in [0.3, 0.4) is 0 Å². The lowest BCUT2D eigenvalue weighted by Crippen LogP contribution is -2.26. The number of benzene rings is 8. The summed E-state index contributed by atoms with van der Waals surface area (Å²) in [6.07, 6.45) is 0. The van der Waals surface area contributed by atoms with Crippen molar-refractivity contribution in [2.75, 3.05) is 0 Å². The van der Waals surface area contributed by atoms with Gasteiger partial charge in [0.05, 0.1) is 27.9 Å². The minimum absolute atomic E-state index is 0.193. The molecule has 10 aromatic rings. The molecule has 57 heavy (non-hydrogen) atoms. The zero-order valence-electron chi connectivity index (χ0n) is 32.4. The molecule has 0 amide bonds. The smallest absolute Gasteiger partial charge is 0.160 e. The Balaban J connectivity index is 1.13. The average molecular weight is 730 g/mol. The highest BCUT2D eigenvalue weighted by Gasteiger charge is 2.40. The van der Waals surface area contributed by atoms with Gasteiger partial charge in [-0.25, -0.2) is 9.97 Å². The van der Waals surface area contributed by atoms with Crippen LogP contribution in [-0.2, 0) is 10.8 Å². The second-order valence-corrected chi connectivity index (χ2v) is 16.9. The highest BCUT2D eigenvalue weighted by atomic mass is 15.0. The number of hydrogen-bond acceptors (Lipinski definition) is 2. The number of rotatable bonds is 3. The molecule has 0 spiro atoms. The molecule has 0 fully saturated rings. The van der Waals surface area contributed by atoms with E-state index in [2.05, 4.69) is 196 Å². The molecular formula is C54H39N3. The Bertz CT molecular complexity index is 3350. The van der Waals surface area contributed by atoms with Crippen molar-refractivity contribution < 1.29 is 0 Å². The molecule has 2 aromatic heterocycles. The first-order valence-electron chi connectivity index (χ1n) is 20.0. The highest BCUT2D eigenvalue weighted by molar-refractivity contribution is 6.25. The minimum Gasteiger partial charge on any atom is -0.309 e. The van der Waals surface area contributed by atoms with Gasteiger partial charge < -0.3 is 4.57 Å². The summed E-state index contributed by atoms with van der Waals surface area (Å²) in [5.41, 5.74) is 17.9.